The van der Waals surface area contributed by atoms with Crippen molar-refractivity contribution in [3.8, 4) is 0 Å². The first kappa shape index (κ1) is 17.0. The van der Waals surface area contributed by atoms with Gasteiger partial charge in [-0.3, -0.25) is 9.59 Å². The van der Waals surface area contributed by atoms with E-state index in [1.54, 1.807) is 53.4 Å². The van der Waals surface area contributed by atoms with Gasteiger partial charge in [-0.25, -0.2) is 0 Å². The topological polar surface area (TPSA) is 37.4 Å². The Hall–Kier alpha value is -1.84. The van der Waals surface area contributed by atoms with Crippen molar-refractivity contribution in [1.82, 2.24) is 4.90 Å². The van der Waals surface area contributed by atoms with Gasteiger partial charge in [-0.1, -0.05) is 35.3 Å². The van der Waals surface area contributed by atoms with Crippen LogP contribution in [0.5, 0.6) is 0 Å². The van der Waals surface area contributed by atoms with E-state index in [2.05, 4.69) is 0 Å². The van der Waals surface area contributed by atoms with Crippen LogP contribution < -0.4 is 0 Å². The van der Waals surface area contributed by atoms with Gasteiger partial charge in [0.15, 0.2) is 5.78 Å². The van der Waals surface area contributed by atoms with Crippen LogP contribution in [0.1, 0.15) is 33.6 Å². The summed E-state index contributed by atoms with van der Waals surface area (Å²) in [5.74, 6) is -0.199. The lowest BCUT2D eigenvalue weighted by Gasteiger charge is -2.32. The van der Waals surface area contributed by atoms with E-state index in [0.717, 1.165) is 12.8 Å². The van der Waals surface area contributed by atoms with Gasteiger partial charge in [-0.2, -0.15) is 0 Å². The molecule has 2 aromatic carbocycles. The first-order chi connectivity index (χ1) is 11.5. The molecule has 3 rings (SSSR count). The van der Waals surface area contributed by atoms with Crippen molar-refractivity contribution in [3.05, 3.63) is 69.7 Å². The fourth-order valence-corrected chi connectivity index (χ4v) is 3.34. The summed E-state index contributed by atoms with van der Waals surface area (Å²) in [5.41, 5.74) is 1.20. The lowest BCUT2D eigenvalue weighted by Crippen LogP contribution is -2.42. The highest BCUT2D eigenvalue weighted by molar-refractivity contribution is 6.31. The molecule has 5 heteroatoms. The van der Waals surface area contributed by atoms with Crippen LogP contribution in [0.25, 0.3) is 0 Å². The zero-order valence-electron chi connectivity index (χ0n) is 13.0. The zero-order valence-corrected chi connectivity index (χ0v) is 14.6. The summed E-state index contributed by atoms with van der Waals surface area (Å²) in [6, 6.07) is 13.8. The molecule has 124 valence electrons. The molecule has 24 heavy (non-hydrogen) atoms. The first-order valence-corrected chi connectivity index (χ1v) is 8.65. The summed E-state index contributed by atoms with van der Waals surface area (Å²) in [6.45, 7) is 1.10. The van der Waals surface area contributed by atoms with E-state index < -0.39 is 0 Å². The van der Waals surface area contributed by atoms with Crippen LogP contribution in [0, 0.1) is 5.92 Å². The Balaban J connectivity index is 1.73. The summed E-state index contributed by atoms with van der Waals surface area (Å²) in [6.07, 6.45) is 1.60. The fraction of sp³-hybridized carbons (Fsp3) is 0.263. The number of carbonyl (C=O) groups is 2. The molecule has 3 nitrogen and oxygen atoms in total. The quantitative estimate of drug-likeness (QED) is 0.741. The molecule has 0 aliphatic carbocycles. The van der Waals surface area contributed by atoms with Crippen molar-refractivity contribution in [2.45, 2.75) is 12.8 Å². The van der Waals surface area contributed by atoms with E-state index in [9.17, 15) is 9.59 Å². The summed E-state index contributed by atoms with van der Waals surface area (Å²) in [4.78, 5) is 27.1. The van der Waals surface area contributed by atoms with Crippen LogP contribution in [0.2, 0.25) is 10.0 Å². The molecular formula is C19H17Cl2NO2. The van der Waals surface area contributed by atoms with Crippen molar-refractivity contribution in [3.63, 3.8) is 0 Å². The Morgan fingerprint density at radius 3 is 2.42 bits per heavy atom. The smallest absolute Gasteiger partial charge is 0.253 e. The number of carbonyl (C=O) groups excluding carboxylic acids is 2. The first-order valence-electron chi connectivity index (χ1n) is 7.89. The van der Waals surface area contributed by atoms with Crippen molar-refractivity contribution in [1.29, 1.82) is 0 Å². The second-order valence-corrected chi connectivity index (χ2v) is 6.84. The van der Waals surface area contributed by atoms with E-state index >= 15 is 0 Å². The fourth-order valence-electron chi connectivity index (χ4n) is 3.03. The van der Waals surface area contributed by atoms with Crippen LogP contribution >= 0.6 is 23.2 Å². The maximum absolute atomic E-state index is 12.7. The monoisotopic (exact) mass is 361 g/mol. The van der Waals surface area contributed by atoms with E-state index in [-0.39, 0.29) is 17.6 Å². The molecule has 1 amide bonds. The number of Topliss-reactive ketones (excluding diaryl/α,β-unsaturated/α-hetero) is 1. The predicted molar refractivity (Wildman–Crippen MR) is 95.9 cm³/mol. The number of ketones is 1. The molecule has 0 aromatic heterocycles. The molecule has 0 saturated carbocycles. The molecule has 0 spiro atoms. The molecule has 0 bridgehead atoms. The molecule has 1 fully saturated rings. The summed E-state index contributed by atoms with van der Waals surface area (Å²) in [5, 5.41) is 1.14. The average Bonchev–Trinajstić information content (AvgIpc) is 2.61. The molecule has 1 aliphatic rings. The van der Waals surface area contributed by atoms with Gasteiger partial charge in [0.1, 0.15) is 0 Å². The van der Waals surface area contributed by atoms with E-state index in [1.165, 1.54) is 0 Å². The highest BCUT2D eigenvalue weighted by Gasteiger charge is 2.29. The minimum absolute atomic E-state index is 0.0473. The Morgan fingerprint density at radius 1 is 0.958 bits per heavy atom. The molecule has 2 aromatic rings. The number of hydrogen-bond acceptors (Lipinski definition) is 2. The molecule has 1 atom stereocenters. The zero-order chi connectivity index (χ0) is 17.1. The number of amides is 1. The number of halogens is 2. The Labute approximate surface area is 151 Å². The molecular weight excluding hydrogens is 345 g/mol. The minimum atomic E-state index is -0.187. The van der Waals surface area contributed by atoms with Crippen molar-refractivity contribution in [2.24, 2.45) is 5.92 Å². The second kappa shape index (κ2) is 7.37. The van der Waals surface area contributed by atoms with Crippen molar-refractivity contribution < 1.29 is 9.59 Å². The Kier molecular flexibility index (Phi) is 5.22. The molecule has 1 aliphatic heterocycles. The molecule has 1 saturated heterocycles. The average molecular weight is 362 g/mol. The second-order valence-electron chi connectivity index (χ2n) is 5.97. The van der Waals surface area contributed by atoms with Crippen LogP contribution in [0.3, 0.4) is 0 Å². The highest BCUT2D eigenvalue weighted by Crippen LogP contribution is 2.24. The van der Waals surface area contributed by atoms with Gasteiger partial charge < -0.3 is 4.90 Å². The van der Waals surface area contributed by atoms with Crippen molar-refractivity contribution in [2.75, 3.05) is 13.1 Å². The number of piperidine rings is 1. The molecule has 0 N–H and O–H groups in total. The maximum atomic E-state index is 12.7. The molecule has 1 unspecified atom stereocenters. The van der Waals surface area contributed by atoms with E-state index in [0.29, 0.717) is 34.3 Å². The largest absolute Gasteiger partial charge is 0.338 e. The van der Waals surface area contributed by atoms with Gasteiger partial charge >= 0.3 is 0 Å². The Bertz CT molecular complexity index is 758. The third kappa shape index (κ3) is 3.80. The third-order valence-corrected chi connectivity index (χ3v) is 4.77. The number of nitrogens with zero attached hydrogens (tertiary/aromatic N) is 1. The summed E-state index contributed by atoms with van der Waals surface area (Å²) in [7, 11) is 0. The van der Waals surface area contributed by atoms with Gasteiger partial charge in [0.05, 0.1) is 0 Å². The minimum Gasteiger partial charge on any atom is -0.338 e. The summed E-state index contributed by atoms with van der Waals surface area (Å²) >= 11 is 11.8. The van der Waals surface area contributed by atoms with Crippen LogP contribution in [-0.2, 0) is 0 Å². The number of benzene rings is 2. The van der Waals surface area contributed by atoms with Crippen LogP contribution in [0.4, 0.5) is 0 Å². The van der Waals surface area contributed by atoms with Crippen LogP contribution in [0.15, 0.2) is 48.5 Å². The molecule has 0 radical (unpaired) electrons. The normalized spacial score (nSPS) is 17.6. The van der Waals surface area contributed by atoms with Crippen LogP contribution in [-0.4, -0.2) is 29.7 Å². The van der Waals surface area contributed by atoms with Gasteiger partial charge in [-0.05, 0) is 49.2 Å². The van der Waals surface area contributed by atoms with Crippen molar-refractivity contribution >= 4 is 34.9 Å². The Morgan fingerprint density at radius 2 is 1.71 bits per heavy atom. The lowest BCUT2D eigenvalue weighted by molar-refractivity contribution is 0.0637. The van der Waals surface area contributed by atoms with Gasteiger partial charge in [0, 0.05) is 40.2 Å². The molecule has 1 heterocycles. The SMILES string of the molecule is O=C(c1cccc(Cl)c1)C1CCCN(C(=O)c2ccc(Cl)cc2)C1. The predicted octanol–water partition coefficient (Wildman–Crippen LogP) is 4.73. The van der Waals surface area contributed by atoms with E-state index in [1.807, 2.05) is 0 Å². The standard InChI is InChI=1S/C19H17Cl2NO2/c20-16-8-6-13(7-9-16)19(24)22-10-2-4-15(12-22)18(23)14-3-1-5-17(21)11-14/h1,3,5-9,11,15H,2,4,10,12H2. The van der Waals surface area contributed by atoms with Gasteiger partial charge in [0.25, 0.3) is 5.91 Å². The van der Waals surface area contributed by atoms with E-state index in [4.69, 9.17) is 23.2 Å². The third-order valence-electron chi connectivity index (χ3n) is 4.28. The number of likely N-dealkylation sites (tertiary alicyclic amines) is 1. The number of hydrogen-bond donors (Lipinski definition) is 0. The lowest BCUT2D eigenvalue weighted by atomic mass is 9.89. The van der Waals surface area contributed by atoms with Gasteiger partial charge in [0.2, 0.25) is 0 Å². The summed E-state index contributed by atoms with van der Waals surface area (Å²) < 4.78 is 0. The van der Waals surface area contributed by atoms with Gasteiger partial charge in [-0.15, -0.1) is 0 Å². The highest BCUT2D eigenvalue weighted by atomic mass is 35.5. The maximum Gasteiger partial charge on any atom is 0.253 e. The number of rotatable bonds is 3.